The first kappa shape index (κ1) is 13.4. The predicted molar refractivity (Wildman–Crippen MR) is 78.0 cm³/mol. The lowest BCUT2D eigenvalue weighted by Gasteiger charge is -2.34. The van der Waals surface area contributed by atoms with Crippen molar-refractivity contribution in [3.05, 3.63) is 27.9 Å². The van der Waals surface area contributed by atoms with E-state index in [1.165, 1.54) is 25.7 Å². The van der Waals surface area contributed by atoms with Crippen LogP contribution in [0.5, 0.6) is 0 Å². The van der Waals surface area contributed by atoms with Gasteiger partial charge in [-0.15, -0.1) is 0 Å². The number of aromatic amines is 1. The van der Waals surface area contributed by atoms with Crippen LogP contribution in [0.25, 0.3) is 0 Å². The van der Waals surface area contributed by atoms with Crippen LogP contribution in [0.2, 0.25) is 0 Å². The van der Waals surface area contributed by atoms with Crippen LogP contribution in [0.4, 0.5) is 0 Å². The summed E-state index contributed by atoms with van der Waals surface area (Å²) >= 11 is 0. The molecule has 0 amide bonds. The number of H-pyrrole nitrogens is 1. The van der Waals surface area contributed by atoms with Crippen molar-refractivity contribution in [2.45, 2.75) is 50.4 Å². The molecule has 2 unspecified atom stereocenters. The molecule has 6 nitrogen and oxygen atoms in total. The highest BCUT2D eigenvalue weighted by molar-refractivity contribution is 5.06. The van der Waals surface area contributed by atoms with Crippen molar-refractivity contribution in [1.29, 1.82) is 0 Å². The predicted octanol–water partition coefficient (Wildman–Crippen LogP) is 0.558. The molecule has 3 fully saturated rings. The molecule has 114 valence electrons. The van der Waals surface area contributed by atoms with Crippen LogP contribution in [-0.4, -0.2) is 46.6 Å². The fourth-order valence-corrected chi connectivity index (χ4v) is 3.29. The Balaban J connectivity index is 1.49. The van der Waals surface area contributed by atoms with Gasteiger partial charge in [-0.25, -0.2) is 4.98 Å². The maximum atomic E-state index is 11.8. The summed E-state index contributed by atoms with van der Waals surface area (Å²) in [5.74, 6) is 0.681. The smallest absolute Gasteiger partial charge is 0.251 e. The first-order valence-corrected chi connectivity index (χ1v) is 7.97. The number of rotatable bonds is 4. The monoisotopic (exact) mass is 290 g/mol. The van der Waals surface area contributed by atoms with Gasteiger partial charge in [0, 0.05) is 31.2 Å². The summed E-state index contributed by atoms with van der Waals surface area (Å²) in [6.07, 6.45) is 4.84. The van der Waals surface area contributed by atoms with Crippen molar-refractivity contribution in [2.24, 2.45) is 0 Å². The fraction of sp³-hybridized carbons (Fsp3) is 0.733. The third-order valence-corrected chi connectivity index (χ3v) is 4.66. The average molecular weight is 290 g/mol. The number of nitrogens with one attached hydrogen (secondary N) is 2. The van der Waals surface area contributed by atoms with Crippen molar-refractivity contribution in [2.75, 3.05) is 19.7 Å². The fourth-order valence-electron chi connectivity index (χ4n) is 3.29. The van der Waals surface area contributed by atoms with E-state index in [4.69, 9.17) is 4.74 Å². The van der Waals surface area contributed by atoms with Crippen LogP contribution >= 0.6 is 0 Å². The number of morpholine rings is 1. The molecule has 3 aliphatic rings. The Morgan fingerprint density at radius 1 is 1.43 bits per heavy atom. The molecule has 0 bridgehead atoms. The third kappa shape index (κ3) is 3.02. The highest BCUT2D eigenvalue weighted by Gasteiger charge is 2.34. The zero-order chi connectivity index (χ0) is 14.2. The summed E-state index contributed by atoms with van der Waals surface area (Å²) in [5, 5.41) is 3.40. The van der Waals surface area contributed by atoms with E-state index in [1.54, 1.807) is 6.07 Å². The zero-order valence-corrected chi connectivity index (χ0v) is 12.2. The largest absolute Gasteiger partial charge is 0.367 e. The quantitative estimate of drug-likeness (QED) is 0.848. The minimum absolute atomic E-state index is 0.0836. The van der Waals surface area contributed by atoms with Gasteiger partial charge in [-0.1, -0.05) is 0 Å². The number of ether oxygens (including phenoxy) is 1. The second-order valence-corrected chi connectivity index (χ2v) is 6.39. The Kier molecular flexibility index (Phi) is 3.52. The van der Waals surface area contributed by atoms with E-state index < -0.39 is 0 Å². The van der Waals surface area contributed by atoms with Gasteiger partial charge in [-0.3, -0.25) is 9.69 Å². The molecule has 2 aliphatic heterocycles. The Labute approximate surface area is 123 Å². The van der Waals surface area contributed by atoms with E-state index in [2.05, 4.69) is 20.2 Å². The number of hydrogen-bond donors (Lipinski definition) is 2. The second-order valence-electron chi connectivity index (χ2n) is 6.39. The van der Waals surface area contributed by atoms with Crippen molar-refractivity contribution in [1.82, 2.24) is 20.2 Å². The summed E-state index contributed by atoms with van der Waals surface area (Å²) in [7, 11) is 0. The van der Waals surface area contributed by atoms with Gasteiger partial charge < -0.3 is 15.0 Å². The first-order valence-electron chi connectivity index (χ1n) is 7.97. The molecular formula is C15H22N4O2. The number of aromatic nitrogens is 2. The van der Waals surface area contributed by atoms with E-state index in [0.717, 1.165) is 25.4 Å². The maximum Gasteiger partial charge on any atom is 0.251 e. The summed E-state index contributed by atoms with van der Waals surface area (Å²) in [6, 6.07) is 2.76. The van der Waals surface area contributed by atoms with Gasteiger partial charge in [-0.05, 0) is 32.2 Å². The Hall–Kier alpha value is -1.24. The summed E-state index contributed by atoms with van der Waals surface area (Å²) in [5.41, 5.74) is 0.729. The molecule has 1 aliphatic carbocycles. The van der Waals surface area contributed by atoms with Crippen molar-refractivity contribution in [3.63, 3.8) is 0 Å². The van der Waals surface area contributed by atoms with Crippen LogP contribution in [-0.2, 0) is 11.3 Å². The van der Waals surface area contributed by atoms with E-state index in [0.29, 0.717) is 24.5 Å². The van der Waals surface area contributed by atoms with Gasteiger partial charge in [0.15, 0.2) is 0 Å². The zero-order valence-electron chi connectivity index (χ0n) is 12.2. The van der Waals surface area contributed by atoms with E-state index >= 15 is 0 Å². The van der Waals surface area contributed by atoms with Gasteiger partial charge in [0.05, 0.1) is 12.3 Å². The van der Waals surface area contributed by atoms with Crippen LogP contribution in [0.1, 0.15) is 43.3 Å². The van der Waals surface area contributed by atoms with Crippen LogP contribution in [0.15, 0.2) is 10.9 Å². The van der Waals surface area contributed by atoms with Gasteiger partial charge in [0.25, 0.3) is 5.56 Å². The van der Waals surface area contributed by atoms with E-state index in [-0.39, 0.29) is 11.7 Å². The second kappa shape index (κ2) is 5.51. The maximum absolute atomic E-state index is 11.8. The van der Waals surface area contributed by atoms with Crippen LogP contribution in [0, 0.1) is 0 Å². The molecule has 1 aromatic rings. The molecule has 21 heavy (non-hydrogen) atoms. The lowest BCUT2D eigenvalue weighted by Crippen LogP contribution is -2.43. The number of fused-ring (bicyclic) bond motifs is 1. The molecule has 6 heteroatoms. The molecule has 2 N–H and O–H groups in total. The van der Waals surface area contributed by atoms with Crippen molar-refractivity contribution < 1.29 is 4.74 Å². The minimum Gasteiger partial charge on any atom is -0.367 e. The standard InChI is InChI=1S/C15H22N4O2/c20-14-6-11(7-16-10-3-4-10)17-15(18-14)13-8-19-5-1-2-12(19)9-21-13/h6,10,12-13,16H,1-5,7-9H2,(H,17,18,20). The SMILES string of the molecule is O=c1cc(CNC2CC2)nc(C2CN3CCCC3CO2)[nH]1. The lowest BCUT2D eigenvalue weighted by atomic mass is 10.2. The van der Waals surface area contributed by atoms with E-state index in [1.807, 2.05) is 0 Å². The van der Waals surface area contributed by atoms with Crippen molar-refractivity contribution in [3.8, 4) is 0 Å². The molecule has 2 saturated heterocycles. The van der Waals surface area contributed by atoms with Gasteiger partial charge >= 0.3 is 0 Å². The highest BCUT2D eigenvalue weighted by Crippen LogP contribution is 2.28. The Bertz CT molecular complexity index is 569. The molecule has 4 rings (SSSR count). The van der Waals surface area contributed by atoms with Crippen molar-refractivity contribution >= 4 is 0 Å². The summed E-state index contributed by atoms with van der Waals surface area (Å²) in [6.45, 7) is 3.39. The third-order valence-electron chi connectivity index (χ3n) is 4.66. The van der Waals surface area contributed by atoms with Gasteiger partial charge in [0.1, 0.15) is 11.9 Å². The average Bonchev–Trinajstić information content (AvgIpc) is 3.20. The molecule has 0 aromatic carbocycles. The molecule has 0 spiro atoms. The highest BCUT2D eigenvalue weighted by atomic mass is 16.5. The van der Waals surface area contributed by atoms with Gasteiger partial charge in [0.2, 0.25) is 0 Å². The molecule has 3 heterocycles. The summed E-state index contributed by atoms with van der Waals surface area (Å²) < 4.78 is 5.93. The molecular weight excluding hydrogens is 268 g/mol. The molecule has 0 radical (unpaired) electrons. The molecule has 1 saturated carbocycles. The number of nitrogens with zero attached hydrogens (tertiary/aromatic N) is 2. The minimum atomic E-state index is -0.104. The Morgan fingerprint density at radius 3 is 3.19 bits per heavy atom. The van der Waals surface area contributed by atoms with Crippen LogP contribution < -0.4 is 10.9 Å². The molecule has 2 atom stereocenters. The summed E-state index contributed by atoms with van der Waals surface area (Å²) in [4.78, 5) is 21.8. The topological polar surface area (TPSA) is 70.2 Å². The first-order chi connectivity index (χ1) is 10.3. The van der Waals surface area contributed by atoms with E-state index in [9.17, 15) is 4.79 Å². The number of hydrogen-bond acceptors (Lipinski definition) is 5. The van der Waals surface area contributed by atoms with Crippen LogP contribution in [0.3, 0.4) is 0 Å². The lowest BCUT2D eigenvalue weighted by molar-refractivity contribution is -0.0543. The normalized spacial score (nSPS) is 29.5. The Morgan fingerprint density at radius 2 is 2.33 bits per heavy atom. The molecule has 1 aromatic heterocycles. The van der Waals surface area contributed by atoms with Gasteiger partial charge in [-0.2, -0.15) is 0 Å².